The average Bonchev–Trinajstić information content (AvgIpc) is 3.17. The van der Waals surface area contributed by atoms with E-state index in [0.717, 1.165) is 33.4 Å². The summed E-state index contributed by atoms with van der Waals surface area (Å²) < 4.78 is 0. The molecule has 0 radical (unpaired) electrons. The lowest BCUT2D eigenvalue weighted by Gasteiger charge is -2.12. The Kier molecular flexibility index (Phi) is 16.2. The van der Waals surface area contributed by atoms with E-state index in [2.05, 4.69) is 19.9 Å². The molecule has 0 unspecified atom stereocenters. The molecule has 60 heavy (non-hydrogen) atoms. The van der Waals surface area contributed by atoms with Crippen LogP contribution in [0.2, 0.25) is 10.0 Å². The molecule has 0 bridgehead atoms. The van der Waals surface area contributed by atoms with E-state index in [1.54, 1.807) is 52.0 Å². The van der Waals surface area contributed by atoms with Crippen molar-refractivity contribution >= 4 is 60.5 Å². The van der Waals surface area contributed by atoms with Crippen molar-refractivity contribution in [1.82, 2.24) is 19.9 Å². The lowest BCUT2D eigenvalue weighted by Crippen LogP contribution is -2.17. The number of rotatable bonds is 10. The number of carboxylic acid groups (broad SMARTS) is 2. The van der Waals surface area contributed by atoms with E-state index in [0.29, 0.717) is 55.3 Å². The minimum atomic E-state index is -0.900. The zero-order chi connectivity index (χ0) is 42.6. The number of aryl methyl sites for hydroxylation is 4. The maximum absolute atomic E-state index is 11.6. The predicted molar refractivity (Wildman–Crippen MR) is 241 cm³/mol. The minimum Gasteiger partial charge on any atom is -0.481 e. The highest BCUT2D eigenvalue weighted by molar-refractivity contribution is 7.59. The van der Waals surface area contributed by atoms with Gasteiger partial charge < -0.3 is 21.7 Å². The fraction of sp³-hybridized carbons (Fsp3) is 0.200. The summed E-state index contributed by atoms with van der Waals surface area (Å²) >= 11 is 12.8. The molecule has 2 amide bonds. The van der Waals surface area contributed by atoms with Crippen LogP contribution in [0.25, 0.3) is 44.8 Å². The van der Waals surface area contributed by atoms with E-state index in [1.807, 2.05) is 74.5 Å². The van der Waals surface area contributed by atoms with Crippen molar-refractivity contribution in [3.8, 4) is 44.8 Å². The molecule has 0 spiro atoms. The Balaban J connectivity index is 0.000000310. The molecule has 12 nitrogen and oxygen atoms in total. The second kappa shape index (κ2) is 20.2. The smallest absolute Gasteiger partial charge is 0.310 e. The van der Waals surface area contributed by atoms with Gasteiger partial charge in [-0.25, -0.2) is 9.97 Å². The van der Waals surface area contributed by atoms with Crippen LogP contribution < -0.4 is 11.5 Å². The third-order valence-electron chi connectivity index (χ3n) is 9.62. The Morgan fingerprint density at radius 3 is 1.08 bits per heavy atom. The quantitative estimate of drug-likeness (QED) is 0.102. The van der Waals surface area contributed by atoms with Crippen molar-refractivity contribution in [3.63, 3.8) is 0 Å². The molecule has 0 saturated heterocycles. The number of benzene rings is 4. The number of primary amides is 2. The number of carbonyl (C=O) groups excluding carboxylic acids is 2. The second-order valence-corrected chi connectivity index (χ2v) is 14.5. The van der Waals surface area contributed by atoms with Crippen LogP contribution in [0.4, 0.5) is 0 Å². The van der Waals surface area contributed by atoms with Gasteiger partial charge in [0.1, 0.15) is 11.4 Å². The molecule has 6 aromatic rings. The van der Waals surface area contributed by atoms with Crippen molar-refractivity contribution in [1.29, 1.82) is 0 Å². The fourth-order valence-electron chi connectivity index (χ4n) is 6.25. The fourth-order valence-corrected chi connectivity index (χ4v) is 6.84. The summed E-state index contributed by atoms with van der Waals surface area (Å²) in [6, 6.07) is 25.6. The van der Waals surface area contributed by atoms with E-state index in [9.17, 15) is 19.2 Å². The minimum absolute atomic E-state index is 0. The van der Waals surface area contributed by atoms with Gasteiger partial charge in [-0.05, 0) is 75.9 Å². The largest absolute Gasteiger partial charge is 0.481 e. The van der Waals surface area contributed by atoms with Gasteiger partial charge in [-0.15, -0.1) is 0 Å². The summed E-state index contributed by atoms with van der Waals surface area (Å²) in [7, 11) is 0. The van der Waals surface area contributed by atoms with Crippen LogP contribution in [-0.2, 0) is 9.59 Å². The Morgan fingerprint density at radius 2 is 0.817 bits per heavy atom. The van der Waals surface area contributed by atoms with Gasteiger partial charge in [0, 0.05) is 32.3 Å². The molecule has 0 aliphatic heterocycles. The lowest BCUT2D eigenvalue weighted by atomic mass is 9.96. The van der Waals surface area contributed by atoms with Gasteiger partial charge in [0.15, 0.2) is 0 Å². The first-order valence-corrected chi connectivity index (χ1v) is 18.7. The summed E-state index contributed by atoms with van der Waals surface area (Å²) in [5, 5.41) is 19.3. The van der Waals surface area contributed by atoms with Crippen molar-refractivity contribution in [3.05, 3.63) is 140 Å². The number of nitrogens with zero attached hydrogens (tertiary/aromatic N) is 4. The molecule has 0 aliphatic carbocycles. The SMILES string of the molecule is C.Cc1nc(C)c(-c2ccc(-c3ccc([C@@H](C)C(=O)O)cc3Cl)cc2)nc1C(N)=O.Cc1nc(C)c(-c2ccc(-c3ccc([C@H](C)C(=O)O)cc3Cl)cc2)nc1C(N)=O.S. The van der Waals surface area contributed by atoms with E-state index in [-0.39, 0.29) is 32.3 Å². The standard InChI is InChI=1S/2C22H20ClN3O3.CH4.H2S/c2*1-11(22(28)29)16-8-9-17(18(23)10-16)14-4-6-15(7-5-14)19-12(2)25-13(3)20(26-19)21(24)27;;/h2*4-11H,1-3H3,(H2,24,27)(H,28,29);1H4;1H2/t2*11-;;/m10../s1. The van der Waals surface area contributed by atoms with Gasteiger partial charge in [-0.3, -0.25) is 29.1 Å². The number of halogens is 2. The molecule has 6 rings (SSSR count). The molecule has 0 saturated carbocycles. The van der Waals surface area contributed by atoms with Crippen molar-refractivity contribution in [2.24, 2.45) is 11.5 Å². The van der Waals surface area contributed by atoms with Gasteiger partial charge in [-0.2, -0.15) is 13.5 Å². The number of aromatic nitrogens is 4. The van der Waals surface area contributed by atoms with Crippen LogP contribution in [0.3, 0.4) is 0 Å². The number of nitrogens with two attached hydrogens (primary N) is 2. The number of aliphatic carboxylic acids is 2. The highest BCUT2D eigenvalue weighted by Crippen LogP contribution is 2.34. The maximum atomic E-state index is 11.6. The van der Waals surface area contributed by atoms with Crippen molar-refractivity contribution in [2.45, 2.75) is 60.8 Å². The maximum Gasteiger partial charge on any atom is 0.310 e. The molecule has 6 N–H and O–H groups in total. The van der Waals surface area contributed by atoms with Gasteiger partial charge in [0.05, 0.1) is 46.0 Å². The monoisotopic (exact) mass is 868 g/mol. The van der Waals surface area contributed by atoms with Crippen LogP contribution in [0, 0.1) is 27.7 Å². The van der Waals surface area contributed by atoms with E-state index in [4.69, 9.17) is 44.9 Å². The first-order chi connectivity index (χ1) is 27.4. The summed E-state index contributed by atoms with van der Waals surface area (Å²) in [4.78, 5) is 63.0. The molecular weight excluding hydrogens is 824 g/mol. The molecule has 15 heteroatoms. The highest BCUT2D eigenvalue weighted by Gasteiger charge is 2.19. The van der Waals surface area contributed by atoms with Crippen LogP contribution in [0.5, 0.6) is 0 Å². The molecule has 0 fully saturated rings. The topological polar surface area (TPSA) is 212 Å². The first kappa shape index (κ1) is 48.2. The third kappa shape index (κ3) is 10.7. The second-order valence-electron chi connectivity index (χ2n) is 13.7. The summed E-state index contributed by atoms with van der Waals surface area (Å²) in [5.41, 5.74) is 20.9. The molecule has 2 heterocycles. The number of amides is 2. The number of hydrogen-bond acceptors (Lipinski definition) is 8. The van der Waals surface area contributed by atoms with E-state index < -0.39 is 35.6 Å². The Labute approximate surface area is 365 Å². The van der Waals surface area contributed by atoms with Gasteiger partial charge in [0.2, 0.25) is 0 Å². The van der Waals surface area contributed by atoms with Crippen LogP contribution in [-0.4, -0.2) is 53.9 Å². The highest BCUT2D eigenvalue weighted by atomic mass is 35.5. The average molecular weight is 870 g/mol. The molecule has 4 aromatic carbocycles. The summed E-state index contributed by atoms with van der Waals surface area (Å²) in [6.07, 6.45) is 0. The van der Waals surface area contributed by atoms with Crippen molar-refractivity contribution < 1.29 is 29.4 Å². The van der Waals surface area contributed by atoms with Crippen molar-refractivity contribution in [2.75, 3.05) is 0 Å². The van der Waals surface area contributed by atoms with E-state index >= 15 is 0 Å². The molecule has 2 atom stereocenters. The zero-order valence-electron chi connectivity index (χ0n) is 33.0. The van der Waals surface area contributed by atoms with Crippen LogP contribution >= 0.6 is 36.7 Å². The van der Waals surface area contributed by atoms with Crippen LogP contribution in [0.1, 0.15) is 88.0 Å². The Bertz CT molecular complexity index is 2410. The number of hydrogen-bond donors (Lipinski definition) is 4. The molecule has 0 aliphatic rings. The molecular formula is C45H46Cl2N6O6S. The van der Waals surface area contributed by atoms with Gasteiger partial charge in [0.25, 0.3) is 11.8 Å². The lowest BCUT2D eigenvalue weighted by molar-refractivity contribution is -0.139. The molecule has 312 valence electrons. The van der Waals surface area contributed by atoms with E-state index in [1.165, 1.54) is 0 Å². The third-order valence-corrected chi connectivity index (χ3v) is 10.2. The first-order valence-electron chi connectivity index (χ1n) is 17.9. The summed E-state index contributed by atoms with van der Waals surface area (Å²) in [5.74, 6) is -4.30. The number of carboxylic acids is 2. The zero-order valence-corrected chi connectivity index (χ0v) is 35.5. The predicted octanol–water partition coefficient (Wildman–Crippen LogP) is 9.48. The Morgan fingerprint density at radius 1 is 0.517 bits per heavy atom. The summed E-state index contributed by atoms with van der Waals surface area (Å²) in [6.45, 7) is 10.3. The normalized spacial score (nSPS) is 11.5. The molecule has 2 aromatic heterocycles. The Hall–Kier alpha value is -6.15. The van der Waals surface area contributed by atoms with Gasteiger partial charge in [-0.1, -0.05) is 103 Å². The number of carbonyl (C=O) groups is 4. The van der Waals surface area contributed by atoms with Crippen LogP contribution in [0.15, 0.2) is 84.9 Å². The van der Waals surface area contributed by atoms with Gasteiger partial charge >= 0.3 is 11.9 Å².